The molecule has 0 aliphatic heterocycles. The van der Waals surface area contributed by atoms with E-state index in [0.717, 1.165) is 50.5 Å². The summed E-state index contributed by atoms with van der Waals surface area (Å²) in [6, 6.07) is 3.30. The van der Waals surface area contributed by atoms with Crippen molar-refractivity contribution in [2.45, 2.75) is 120 Å². The van der Waals surface area contributed by atoms with Crippen molar-refractivity contribution in [1.82, 2.24) is 0 Å². The van der Waals surface area contributed by atoms with Crippen molar-refractivity contribution in [2.75, 3.05) is 6.61 Å². The SMILES string of the molecule is CC12CCC3C(CCC4(O)CC(OC(=O)C5CCCCC5)CCC34CO)C1(O)CCC2c1ccc(=O)oc1. The maximum atomic E-state index is 12.9. The van der Waals surface area contributed by atoms with Crippen molar-refractivity contribution < 1.29 is 29.3 Å². The maximum Gasteiger partial charge on any atom is 0.335 e. The highest BCUT2D eigenvalue weighted by Crippen LogP contribution is 2.71. The molecular weight excluding hydrogens is 484 g/mol. The number of ether oxygens (including phenoxy) is 1. The monoisotopic (exact) mass is 528 g/mol. The third-order valence-electron chi connectivity index (χ3n) is 12.3. The number of fused-ring (bicyclic) bond motifs is 5. The zero-order valence-electron chi connectivity index (χ0n) is 22.7. The second-order valence-electron chi connectivity index (χ2n) is 13.6. The van der Waals surface area contributed by atoms with Gasteiger partial charge in [-0.15, -0.1) is 0 Å². The molecule has 3 N–H and O–H groups in total. The highest BCUT2D eigenvalue weighted by molar-refractivity contribution is 5.72. The molecule has 210 valence electrons. The molecule has 0 spiro atoms. The van der Waals surface area contributed by atoms with Crippen LogP contribution in [0.3, 0.4) is 0 Å². The van der Waals surface area contributed by atoms with E-state index in [2.05, 4.69) is 6.92 Å². The minimum absolute atomic E-state index is 0.00627. The maximum absolute atomic E-state index is 12.9. The number of hydrogen-bond acceptors (Lipinski definition) is 7. The van der Waals surface area contributed by atoms with Crippen molar-refractivity contribution >= 4 is 5.97 Å². The van der Waals surface area contributed by atoms with Gasteiger partial charge < -0.3 is 24.5 Å². The van der Waals surface area contributed by atoms with Gasteiger partial charge in [0.1, 0.15) is 6.10 Å². The van der Waals surface area contributed by atoms with Gasteiger partial charge in [0.05, 0.1) is 30.0 Å². The van der Waals surface area contributed by atoms with E-state index in [4.69, 9.17) is 9.15 Å². The van der Waals surface area contributed by atoms with Crippen molar-refractivity contribution in [3.63, 3.8) is 0 Å². The fraction of sp³-hybridized carbons (Fsp3) is 0.806. The molecule has 0 bridgehead atoms. The number of hydrogen-bond donors (Lipinski definition) is 3. The summed E-state index contributed by atoms with van der Waals surface area (Å²) < 4.78 is 11.2. The Bertz CT molecular complexity index is 1090. The van der Waals surface area contributed by atoms with Crippen LogP contribution in [0.25, 0.3) is 0 Å². The fourth-order valence-corrected chi connectivity index (χ4v) is 10.1. The van der Waals surface area contributed by atoms with Gasteiger partial charge in [-0.3, -0.25) is 4.79 Å². The van der Waals surface area contributed by atoms with Crippen LogP contribution in [-0.4, -0.2) is 45.2 Å². The smallest absolute Gasteiger partial charge is 0.335 e. The average Bonchev–Trinajstić information content (AvgIpc) is 3.20. The standard InChI is InChI=1S/C31H44O7/c1-28-13-10-24-25(31(28,36)16-12-23(28)21-7-8-26(33)37-18-21)11-15-30(35)17-22(9-14-29(24,30)19-32)38-27(34)20-5-3-2-4-6-20/h7-8,18,20,22-25,32,35-36H,2-6,9-17,19H2,1H3. The lowest BCUT2D eigenvalue weighted by molar-refractivity contribution is -0.269. The van der Waals surface area contributed by atoms with Crippen LogP contribution in [0.1, 0.15) is 108 Å². The topological polar surface area (TPSA) is 117 Å². The van der Waals surface area contributed by atoms with Crippen LogP contribution in [0.5, 0.6) is 0 Å². The number of esters is 1. The third-order valence-corrected chi connectivity index (χ3v) is 12.3. The molecule has 5 fully saturated rings. The zero-order valence-corrected chi connectivity index (χ0v) is 22.7. The summed E-state index contributed by atoms with van der Waals surface area (Å²) in [5, 5.41) is 35.5. The first-order valence-corrected chi connectivity index (χ1v) is 15.0. The first-order chi connectivity index (χ1) is 18.2. The number of carbonyl (C=O) groups excluding carboxylic acids is 1. The van der Waals surface area contributed by atoms with Crippen LogP contribution in [0.15, 0.2) is 27.6 Å². The van der Waals surface area contributed by atoms with E-state index in [-0.39, 0.29) is 53.4 Å². The number of aliphatic hydroxyl groups is 3. The second kappa shape index (κ2) is 9.45. The highest BCUT2D eigenvalue weighted by Gasteiger charge is 2.71. The summed E-state index contributed by atoms with van der Waals surface area (Å²) in [5.74, 6) is -0.0435. The Kier molecular flexibility index (Phi) is 6.59. The molecule has 6 rings (SSSR count). The molecule has 7 heteroatoms. The first kappa shape index (κ1) is 26.5. The Balaban J connectivity index is 1.23. The summed E-state index contributed by atoms with van der Waals surface area (Å²) in [4.78, 5) is 24.4. The van der Waals surface area contributed by atoms with Gasteiger partial charge in [0.2, 0.25) is 0 Å². The van der Waals surface area contributed by atoms with Crippen LogP contribution >= 0.6 is 0 Å². The molecule has 0 radical (unpaired) electrons. The van der Waals surface area contributed by atoms with E-state index >= 15 is 0 Å². The molecule has 5 aliphatic carbocycles. The Labute approximate surface area is 225 Å². The van der Waals surface area contributed by atoms with Gasteiger partial charge >= 0.3 is 11.6 Å². The van der Waals surface area contributed by atoms with Crippen molar-refractivity contribution in [1.29, 1.82) is 0 Å². The molecule has 5 aliphatic rings. The molecule has 7 nitrogen and oxygen atoms in total. The number of carbonyl (C=O) groups is 1. The van der Waals surface area contributed by atoms with Crippen LogP contribution < -0.4 is 5.63 Å². The predicted octanol–water partition coefficient (Wildman–Crippen LogP) is 4.46. The normalized spacial score (nSPS) is 45.1. The molecular formula is C31H44O7. The van der Waals surface area contributed by atoms with E-state index in [1.807, 2.05) is 6.07 Å². The van der Waals surface area contributed by atoms with Gasteiger partial charge in [-0.05, 0) is 93.6 Å². The Morgan fingerprint density at radius 3 is 2.45 bits per heavy atom. The van der Waals surface area contributed by atoms with Gasteiger partial charge in [0.25, 0.3) is 0 Å². The van der Waals surface area contributed by atoms with Crippen LogP contribution in [0.2, 0.25) is 0 Å². The molecule has 0 amide bonds. The Hall–Kier alpha value is -1.70. The van der Waals surface area contributed by atoms with E-state index < -0.39 is 16.6 Å². The summed E-state index contributed by atoms with van der Waals surface area (Å²) in [6.07, 6.45) is 12.3. The zero-order chi connectivity index (χ0) is 26.8. The van der Waals surface area contributed by atoms with Crippen molar-refractivity contribution in [2.24, 2.45) is 28.6 Å². The first-order valence-electron chi connectivity index (χ1n) is 15.0. The van der Waals surface area contributed by atoms with Gasteiger partial charge in [-0.1, -0.05) is 26.2 Å². The number of aliphatic hydroxyl groups excluding tert-OH is 1. The Morgan fingerprint density at radius 1 is 0.974 bits per heavy atom. The van der Waals surface area contributed by atoms with Crippen molar-refractivity contribution in [3.05, 3.63) is 34.4 Å². The van der Waals surface area contributed by atoms with Gasteiger partial charge in [0, 0.05) is 23.3 Å². The van der Waals surface area contributed by atoms with Crippen molar-refractivity contribution in [3.8, 4) is 0 Å². The molecule has 8 atom stereocenters. The third kappa shape index (κ3) is 3.78. The predicted molar refractivity (Wildman–Crippen MR) is 140 cm³/mol. The molecule has 8 unspecified atom stereocenters. The van der Waals surface area contributed by atoms with E-state index in [1.54, 1.807) is 6.26 Å². The summed E-state index contributed by atoms with van der Waals surface area (Å²) in [5.41, 5.74) is -2.49. The molecule has 0 aromatic carbocycles. The molecule has 1 aromatic rings. The van der Waals surface area contributed by atoms with Gasteiger partial charge in [-0.25, -0.2) is 4.79 Å². The van der Waals surface area contributed by atoms with E-state index in [0.29, 0.717) is 38.5 Å². The minimum Gasteiger partial charge on any atom is -0.462 e. The average molecular weight is 529 g/mol. The molecule has 1 heterocycles. The largest absolute Gasteiger partial charge is 0.462 e. The molecule has 0 saturated heterocycles. The van der Waals surface area contributed by atoms with Crippen LogP contribution in [-0.2, 0) is 9.53 Å². The Morgan fingerprint density at radius 2 is 1.74 bits per heavy atom. The molecule has 1 aromatic heterocycles. The van der Waals surface area contributed by atoms with Crippen LogP contribution in [0.4, 0.5) is 0 Å². The second-order valence-corrected chi connectivity index (χ2v) is 13.6. The summed E-state index contributed by atoms with van der Waals surface area (Å²) in [6.45, 7) is 2.06. The lowest BCUT2D eigenvalue weighted by Crippen LogP contribution is -2.69. The molecule has 38 heavy (non-hydrogen) atoms. The van der Waals surface area contributed by atoms with Crippen LogP contribution in [0, 0.1) is 28.6 Å². The summed E-state index contributed by atoms with van der Waals surface area (Å²) in [7, 11) is 0. The van der Waals surface area contributed by atoms with E-state index in [1.165, 1.54) is 12.5 Å². The minimum atomic E-state index is -1.11. The van der Waals surface area contributed by atoms with E-state index in [9.17, 15) is 24.9 Å². The molecule has 5 saturated carbocycles. The fourth-order valence-electron chi connectivity index (χ4n) is 10.1. The highest BCUT2D eigenvalue weighted by atomic mass is 16.5. The van der Waals surface area contributed by atoms with Gasteiger partial charge in [-0.2, -0.15) is 0 Å². The summed E-state index contributed by atoms with van der Waals surface area (Å²) >= 11 is 0. The quantitative estimate of drug-likeness (QED) is 0.494. The lowest BCUT2D eigenvalue weighted by Gasteiger charge is -2.66. The van der Waals surface area contributed by atoms with Gasteiger partial charge in [0.15, 0.2) is 0 Å². The lowest BCUT2D eigenvalue weighted by atomic mass is 9.41. The number of rotatable bonds is 4.